The predicted molar refractivity (Wildman–Crippen MR) is 102 cm³/mol. The van der Waals surface area contributed by atoms with Gasteiger partial charge >= 0.3 is 0 Å². The van der Waals surface area contributed by atoms with Gasteiger partial charge in [-0.15, -0.1) is 0 Å². The Bertz CT molecular complexity index is 793. The molecule has 0 amide bonds. The van der Waals surface area contributed by atoms with Gasteiger partial charge in [0.15, 0.2) is 0 Å². The molecule has 2 aromatic carbocycles. The van der Waals surface area contributed by atoms with Crippen LogP contribution in [0.5, 0.6) is 5.75 Å². The van der Waals surface area contributed by atoms with Crippen molar-refractivity contribution < 1.29 is 4.74 Å². The summed E-state index contributed by atoms with van der Waals surface area (Å²) < 4.78 is 5.96. The maximum atomic E-state index is 8.87. The quantitative estimate of drug-likeness (QED) is 0.723. The summed E-state index contributed by atoms with van der Waals surface area (Å²) in [5.74, 6) is 3.87. The second-order valence-corrected chi connectivity index (χ2v) is 8.82. The molecular weight excluding hydrogens is 318 g/mol. The van der Waals surface area contributed by atoms with Gasteiger partial charge in [-0.3, -0.25) is 0 Å². The Morgan fingerprint density at radius 3 is 1.96 bits per heavy atom. The third kappa shape index (κ3) is 2.80. The van der Waals surface area contributed by atoms with E-state index in [0.29, 0.717) is 17.6 Å². The molecule has 132 valence electrons. The normalized spacial score (nSPS) is 31.6. The van der Waals surface area contributed by atoms with Crippen LogP contribution in [0.4, 0.5) is 0 Å². The molecule has 0 aliphatic heterocycles. The fraction of sp³-hybridized carbons (Fsp3) is 0.458. The van der Waals surface area contributed by atoms with Crippen molar-refractivity contribution in [2.45, 2.75) is 50.5 Å². The van der Waals surface area contributed by atoms with Crippen molar-refractivity contribution in [3.8, 4) is 11.8 Å². The van der Waals surface area contributed by atoms with Crippen molar-refractivity contribution in [1.82, 2.24) is 0 Å². The number of rotatable bonds is 4. The molecule has 4 saturated carbocycles. The smallest absolute Gasteiger partial charge is 0.119 e. The number of nitriles is 1. The zero-order chi connectivity index (χ0) is 17.6. The van der Waals surface area contributed by atoms with Crippen LogP contribution in [0, 0.1) is 29.1 Å². The molecule has 0 saturated heterocycles. The van der Waals surface area contributed by atoms with Crippen molar-refractivity contribution in [2.24, 2.45) is 17.8 Å². The summed E-state index contributed by atoms with van der Waals surface area (Å²) in [7, 11) is 0. The standard InChI is InChI=1S/C24H25NO/c25-15-17-1-3-18(4-2-17)16-26-23-7-5-22(6-8-23)24-12-19-9-20(13-24)11-21(10-19)14-24/h1-8,19-21H,9-14,16H2. The minimum atomic E-state index is 0.459. The fourth-order valence-electron chi connectivity index (χ4n) is 6.21. The minimum Gasteiger partial charge on any atom is -0.489 e. The first kappa shape index (κ1) is 15.9. The molecule has 0 unspecified atom stereocenters. The lowest BCUT2D eigenvalue weighted by Gasteiger charge is -2.57. The average molecular weight is 343 g/mol. The van der Waals surface area contributed by atoms with E-state index in [1.54, 1.807) is 5.56 Å². The summed E-state index contributed by atoms with van der Waals surface area (Å²) in [5, 5.41) is 8.87. The molecule has 4 bridgehead atoms. The summed E-state index contributed by atoms with van der Waals surface area (Å²) in [4.78, 5) is 0. The van der Waals surface area contributed by atoms with Gasteiger partial charge in [-0.1, -0.05) is 24.3 Å². The van der Waals surface area contributed by atoms with Crippen molar-refractivity contribution in [3.63, 3.8) is 0 Å². The zero-order valence-corrected chi connectivity index (χ0v) is 15.2. The van der Waals surface area contributed by atoms with E-state index in [4.69, 9.17) is 10.00 Å². The number of hydrogen-bond acceptors (Lipinski definition) is 2. The molecule has 0 spiro atoms. The monoisotopic (exact) mass is 343 g/mol. The maximum absolute atomic E-state index is 8.87. The fourth-order valence-corrected chi connectivity index (χ4v) is 6.21. The summed E-state index contributed by atoms with van der Waals surface area (Å²) in [6.07, 6.45) is 8.69. The van der Waals surface area contributed by atoms with Crippen molar-refractivity contribution in [3.05, 3.63) is 65.2 Å². The first-order valence-corrected chi connectivity index (χ1v) is 9.95. The van der Waals surface area contributed by atoms with Gasteiger partial charge in [-0.05, 0) is 97.1 Å². The molecule has 26 heavy (non-hydrogen) atoms. The van der Waals surface area contributed by atoms with Crippen LogP contribution in [-0.4, -0.2) is 0 Å². The Morgan fingerprint density at radius 2 is 1.42 bits per heavy atom. The van der Waals surface area contributed by atoms with Gasteiger partial charge in [0.2, 0.25) is 0 Å². The van der Waals surface area contributed by atoms with Crippen molar-refractivity contribution in [1.29, 1.82) is 5.26 Å². The van der Waals surface area contributed by atoms with Crippen LogP contribution < -0.4 is 4.74 Å². The highest BCUT2D eigenvalue weighted by Crippen LogP contribution is 2.60. The first-order valence-electron chi connectivity index (χ1n) is 9.95. The Hall–Kier alpha value is -2.27. The van der Waals surface area contributed by atoms with Gasteiger partial charge in [0.05, 0.1) is 11.6 Å². The van der Waals surface area contributed by atoms with E-state index in [1.807, 2.05) is 24.3 Å². The molecule has 2 aromatic rings. The molecule has 4 aliphatic carbocycles. The van der Waals surface area contributed by atoms with E-state index in [9.17, 15) is 0 Å². The summed E-state index contributed by atoms with van der Waals surface area (Å²) in [6, 6.07) is 18.7. The lowest BCUT2D eigenvalue weighted by Crippen LogP contribution is -2.48. The van der Waals surface area contributed by atoms with Crippen LogP contribution in [0.15, 0.2) is 48.5 Å². The lowest BCUT2D eigenvalue weighted by molar-refractivity contribution is -0.00520. The molecule has 0 heterocycles. The molecule has 0 N–H and O–H groups in total. The molecule has 0 aromatic heterocycles. The van der Waals surface area contributed by atoms with Gasteiger partial charge in [0.25, 0.3) is 0 Å². The molecule has 2 heteroatoms. The van der Waals surface area contributed by atoms with Gasteiger partial charge in [-0.25, -0.2) is 0 Å². The lowest BCUT2D eigenvalue weighted by atomic mass is 9.48. The van der Waals surface area contributed by atoms with E-state index >= 15 is 0 Å². The molecule has 6 rings (SSSR count). The van der Waals surface area contributed by atoms with Gasteiger partial charge < -0.3 is 4.74 Å². The summed E-state index contributed by atoms with van der Waals surface area (Å²) >= 11 is 0. The Morgan fingerprint density at radius 1 is 0.846 bits per heavy atom. The highest BCUT2D eigenvalue weighted by atomic mass is 16.5. The molecule has 4 aliphatic rings. The third-order valence-electron chi connectivity index (χ3n) is 6.99. The number of benzene rings is 2. The van der Waals surface area contributed by atoms with Crippen LogP contribution >= 0.6 is 0 Å². The van der Waals surface area contributed by atoms with E-state index in [1.165, 1.54) is 38.5 Å². The second kappa shape index (κ2) is 6.16. The molecular formula is C24H25NO. The summed E-state index contributed by atoms with van der Waals surface area (Å²) in [6.45, 7) is 0.544. The molecule has 0 radical (unpaired) electrons. The third-order valence-corrected chi connectivity index (χ3v) is 6.99. The number of nitrogens with zero attached hydrogens (tertiary/aromatic N) is 1. The van der Waals surface area contributed by atoms with Crippen LogP contribution in [0.3, 0.4) is 0 Å². The molecule has 0 atom stereocenters. The topological polar surface area (TPSA) is 33.0 Å². The van der Waals surface area contributed by atoms with E-state index in [2.05, 4.69) is 30.3 Å². The van der Waals surface area contributed by atoms with E-state index < -0.39 is 0 Å². The van der Waals surface area contributed by atoms with Gasteiger partial charge in [-0.2, -0.15) is 5.26 Å². The second-order valence-electron chi connectivity index (χ2n) is 8.82. The summed E-state index contributed by atoms with van der Waals surface area (Å²) in [5.41, 5.74) is 3.78. The Kier molecular flexibility index (Phi) is 3.78. The molecule has 4 fully saturated rings. The van der Waals surface area contributed by atoms with Crippen LogP contribution in [0.1, 0.15) is 55.2 Å². The van der Waals surface area contributed by atoms with Crippen molar-refractivity contribution in [2.75, 3.05) is 0 Å². The van der Waals surface area contributed by atoms with Crippen LogP contribution in [0.25, 0.3) is 0 Å². The van der Waals surface area contributed by atoms with Crippen molar-refractivity contribution >= 4 is 0 Å². The number of hydrogen-bond donors (Lipinski definition) is 0. The SMILES string of the molecule is N#Cc1ccc(COc2ccc(C34CC5CC(CC(C5)C3)C4)cc2)cc1. The highest BCUT2D eigenvalue weighted by molar-refractivity contribution is 5.35. The maximum Gasteiger partial charge on any atom is 0.119 e. The minimum absolute atomic E-state index is 0.459. The Labute approximate surface area is 155 Å². The largest absolute Gasteiger partial charge is 0.489 e. The highest BCUT2D eigenvalue weighted by Gasteiger charge is 2.51. The molecule has 2 nitrogen and oxygen atoms in total. The Balaban J connectivity index is 1.28. The average Bonchev–Trinajstić information content (AvgIpc) is 2.66. The van der Waals surface area contributed by atoms with Crippen LogP contribution in [-0.2, 0) is 12.0 Å². The van der Waals surface area contributed by atoms with Gasteiger partial charge in [0.1, 0.15) is 12.4 Å². The zero-order valence-electron chi connectivity index (χ0n) is 15.2. The van der Waals surface area contributed by atoms with Crippen LogP contribution in [0.2, 0.25) is 0 Å². The van der Waals surface area contributed by atoms with Gasteiger partial charge in [0, 0.05) is 0 Å². The first-order chi connectivity index (χ1) is 12.7. The van der Waals surface area contributed by atoms with E-state index in [0.717, 1.165) is 29.1 Å². The predicted octanol–water partition coefficient (Wildman–Crippen LogP) is 5.61. The number of ether oxygens (including phenoxy) is 1. The van der Waals surface area contributed by atoms with E-state index in [-0.39, 0.29) is 0 Å².